The van der Waals surface area contributed by atoms with Gasteiger partial charge in [0.25, 0.3) is 0 Å². The smallest absolute Gasteiger partial charge is 0.330 e. The van der Waals surface area contributed by atoms with Gasteiger partial charge in [-0.25, -0.2) is 4.79 Å². The summed E-state index contributed by atoms with van der Waals surface area (Å²) in [5, 5.41) is 0. The van der Waals surface area contributed by atoms with Gasteiger partial charge in [0.2, 0.25) is 5.91 Å². The van der Waals surface area contributed by atoms with Crippen LogP contribution in [0.4, 0.5) is 0 Å². The molecule has 0 aromatic heterocycles. The molecule has 3 atom stereocenters. The lowest BCUT2D eigenvalue weighted by molar-refractivity contribution is -0.164. The standard InChI is InChI=1S/C21H19NO4/c1-13-18(22-16(19(13)24)12-17(22)23)21(25)26-20(14-8-4-2-5-9-14)15-10-6-3-7-11-15/h2-11,13,16,18,20H,12H2,1H3/t13-,16+,18-/m1/s1. The summed E-state index contributed by atoms with van der Waals surface area (Å²) in [7, 11) is 0. The molecular formula is C21H19NO4. The zero-order valence-corrected chi connectivity index (χ0v) is 14.4. The second-order valence-corrected chi connectivity index (χ2v) is 6.80. The van der Waals surface area contributed by atoms with Crippen LogP contribution in [0.5, 0.6) is 0 Å². The van der Waals surface area contributed by atoms with Crippen LogP contribution in [-0.4, -0.2) is 34.6 Å². The number of hydrogen-bond acceptors (Lipinski definition) is 4. The average molecular weight is 349 g/mol. The summed E-state index contributed by atoms with van der Waals surface area (Å²) in [6.45, 7) is 1.69. The third-order valence-corrected chi connectivity index (χ3v) is 5.22. The fourth-order valence-electron chi connectivity index (χ4n) is 3.80. The highest BCUT2D eigenvalue weighted by atomic mass is 16.5. The molecule has 0 aliphatic carbocycles. The number of carbonyl (C=O) groups excluding carboxylic acids is 3. The van der Waals surface area contributed by atoms with Gasteiger partial charge < -0.3 is 9.64 Å². The Bertz CT molecular complexity index is 809. The number of hydrogen-bond donors (Lipinski definition) is 0. The SMILES string of the molecule is C[C@H]1C(=O)[C@@H]2CC(=O)N2[C@H]1C(=O)OC(c1ccccc1)c1ccccc1. The number of fused-ring (bicyclic) bond motifs is 1. The lowest BCUT2D eigenvalue weighted by Gasteiger charge is -2.36. The maximum atomic E-state index is 12.9. The van der Waals surface area contributed by atoms with Crippen molar-refractivity contribution in [1.82, 2.24) is 4.90 Å². The molecule has 26 heavy (non-hydrogen) atoms. The molecule has 0 spiro atoms. The van der Waals surface area contributed by atoms with Crippen molar-refractivity contribution in [1.29, 1.82) is 0 Å². The van der Waals surface area contributed by atoms with E-state index in [2.05, 4.69) is 0 Å². The minimum absolute atomic E-state index is 0.0532. The molecule has 2 fully saturated rings. The number of benzene rings is 2. The third-order valence-electron chi connectivity index (χ3n) is 5.22. The van der Waals surface area contributed by atoms with E-state index in [1.165, 1.54) is 4.90 Å². The fourth-order valence-corrected chi connectivity index (χ4v) is 3.80. The van der Waals surface area contributed by atoms with Gasteiger partial charge in [-0.15, -0.1) is 0 Å². The van der Waals surface area contributed by atoms with Crippen molar-refractivity contribution in [2.75, 3.05) is 0 Å². The number of ether oxygens (including phenoxy) is 1. The van der Waals surface area contributed by atoms with Gasteiger partial charge in [0, 0.05) is 5.92 Å². The molecular weight excluding hydrogens is 330 g/mol. The van der Waals surface area contributed by atoms with E-state index in [4.69, 9.17) is 4.74 Å². The lowest BCUT2D eigenvalue weighted by Crippen LogP contribution is -2.56. The Morgan fingerprint density at radius 2 is 1.54 bits per heavy atom. The predicted octanol–water partition coefficient (Wildman–Crippen LogP) is 2.51. The summed E-state index contributed by atoms with van der Waals surface area (Å²) in [6.07, 6.45) is -0.379. The first-order valence-electron chi connectivity index (χ1n) is 8.73. The van der Waals surface area contributed by atoms with Crippen LogP contribution in [0.1, 0.15) is 30.6 Å². The summed E-state index contributed by atoms with van der Waals surface area (Å²) in [5.74, 6) is -1.28. The van der Waals surface area contributed by atoms with E-state index in [-0.39, 0.29) is 18.1 Å². The van der Waals surface area contributed by atoms with E-state index in [0.29, 0.717) is 0 Å². The van der Waals surface area contributed by atoms with E-state index in [9.17, 15) is 14.4 Å². The largest absolute Gasteiger partial charge is 0.451 e. The van der Waals surface area contributed by atoms with Crippen molar-refractivity contribution in [2.45, 2.75) is 31.5 Å². The van der Waals surface area contributed by atoms with Crippen LogP contribution in [-0.2, 0) is 19.1 Å². The van der Waals surface area contributed by atoms with Gasteiger partial charge in [0.05, 0.1) is 6.42 Å². The molecule has 132 valence electrons. The van der Waals surface area contributed by atoms with Crippen LogP contribution >= 0.6 is 0 Å². The van der Waals surface area contributed by atoms with Gasteiger partial charge in [-0.1, -0.05) is 67.6 Å². The van der Waals surface area contributed by atoms with Gasteiger partial charge in [0.1, 0.15) is 12.1 Å². The molecule has 0 bridgehead atoms. The third kappa shape index (κ3) is 2.60. The highest BCUT2D eigenvalue weighted by molar-refractivity contribution is 6.07. The van der Waals surface area contributed by atoms with Crippen molar-refractivity contribution in [3.63, 3.8) is 0 Å². The van der Waals surface area contributed by atoms with Crippen molar-refractivity contribution < 1.29 is 19.1 Å². The minimum Gasteiger partial charge on any atom is -0.451 e. The first kappa shape index (κ1) is 16.5. The fraction of sp³-hybridized carbons (Fsp3) is 0.286. The van der Waals surface area contributed by atoms with Crippen molar-refractivity contribution in [2.24, 2.45) is 5.92 Å². The molecule has 0 N–H and O–H groups in total. The Labute approximate surface area is 151 Å². The first-order valence-corrected chi connectivity index (χ1v) is 8.73. The second-order valence-electron chi connectivity index (χ2n) is 6.80. The highest BCUT2D eigenvalue weighted by Crippen LogP contribution is 2.38. The Balaban J connectivity index is 1.63. The van der Waals surface area contributed by atoms with Crippen LogP contribution in [0.15, 0.2) is 60.7 Å². The van der Waals surface area contributed by atoms with E-state index in [1.807, 2.05) is 60.7 Å². The molecule has 5 heteroatoms. The molecule has 0 saturated carbocycles. The Kier molecular flexibility index (Phi) is 4.07. The van der Waals surface area contributed by atoms with E-state index < -0.39 is 30.1 Å². The van der Waals surface area contributed by atoms with Gasteiger partial charge in [-0.2, -0.15) is 0 Å². The van der Waals surface area contributed by atoms with Crippen LogP contribution in [0, 0.1) is 5.92 Å². The normalized spacial score (nSPS) is 24.4. The number of carbonyl (C=O) groups is 3. The zero-order chi connectivity index (χ0) is 18.3. The lowest BCUT2D eigenvalue weighted by atomic mass is 9.98. The summed E-state index contributed by atoms with van der Waals surface area (Å²) in [4.78, 5) is 38.5. The highest BCUT2D eigenvalue weighted by Gasteiger charge is 2.58. The van der Waals surface area contributed by atoms with Crippen molar-refractivity contribution >= 4 is 17.7 Å². The Hall–Kier alpha value is -2.95. The number of β-lactam (4-membered cyclic amide) rings is 1. The van der Waals surface area contributed by atoms with Gasteiger partial charge in [-0.3, -0.25) is 9.59 Å². The average Bonchev–Trinajstić information content (AvgIpc) is 2.88. The maximum absolute atomic E-state index is 12.9. The molecule has 0 radical (unpaired) electrons. The molecule has 2 aliphatic heterocycles. The van der Waals surface area contributed by atoms with Gasteiger partial charge in [-0.05, 0) is 11.1 Å². The molecule has 2 saturated heterocycles. The molecule has 5 nitrogen and oxygen atoms in total. The van der Waals surface area contributed by atoms with Crippen LogP contribution in [0.2, 0.25) is 0 Å². The summed E-state index contributed by atoms with van der Waals surface area (Å²) >= 11 is 0. The number of ketones is 1. The van der Waals surface area contributed by atoms with E-state index >= 15 is 0 Å². The number of rotatable bonds is 4. The Morgan fingerprint density at radius 1 is 1.00 bits per heavy atom. The number of Topliss-reactive ketones (excluding diaryl/α,β-unsaturated/α-hetero) is 1. The Morgan fingerprint density at radius 3 is 2.04 bits per heavy atom. The molecule has 2 aromatic rings. The first-order chi connectivity index (χ1) is 12.6. The van der Waals surface area contributed by atoms with Crippen LogP contribution in [0.25, 0.3) is 0 Å². The second kappa shape index (κ2) is 6.41. The van der Waals surface area contributed by atoms with E-state index in [0.717, 1.165) is 11.1 Å². The molecule has 0 unspecified atom stereocenters. The molecule has 1 amide bonds. The van der Waals surface area contributed by atoms with Gasteiger partial charge >= 0.3 is 5.97 Å². The topological polar surface area (TPSA) is 63.7 Å². The minimum atomic E-state index is -0.830. The summed E-state index contributed by atoms with van der Waals surface area (Å²) in [6, 6.07) is 17.6. The number of nitrogens with zero attached hydrogens (tertiary/aromatic N) is 1. The van der Waals surface area contributed by atoms with Gasteiger partial charge in [0.15, 0.2) is 11.9 Å². The van der Waals surface area contributed by atoms with E-state index in [1.54, 1.807) is 6.92 Å². The number of esters is 1. The molecule has 4 rings (SSSR count). The predicted molar refractivity (Wildman–Crippen MR) is 94.0 cm³/mol. The molecule has 2 aromatic carbocycles. The molecule has 2 heterocycles. The van der Waals surface area contributed by atoms with Crippen molar-refractivity contribution in [3.8, 4) is 0 Å². The maximum Gasteiger partial charge on any atom is 0.330 e. The summed E-state index contributed by atoms with van der Waals surface area (Å²) in [5.41, 5.74) is 1.69. The quantitative estimate of drug-likeness (QED) is 0.628. The summed E-state index contributed by atoms with van der Waals surface area (Å²) < 4.78 is 5.84. The monoisotopic (exact) mass is 349 g/mol. The number of amides is 1. The zero-order valence-electron chi connectivity index (χ0n) is 14.4. The van der Waals surface area contributed by atoms with Crippen LogP contribution in [0.3, 0.4) is 0 Å². The van der Waals surface area contributed by atoms with Crippen molar-refractivity contribution in [3.05, 3.63) is 71.8 Å². The van der Waals surface area contributed by atoms with Crippen LogP contribution < -0.4 is 0 Å². The molecule has 2 aliphatic rings.